The molecule has 2 atom stereocenters. The summed E-state index contributed by atoms with van der Waals surface area (Å²) in [6, 6.07) is 8.64. The molecule has 3 aromatic heterocycles. The molecule has 0 bridgehead atoms. The van der Waals surface area contributed by atoms with Crippen LogP contribution in [0.15, 0.2) is 48.8 Å². The number of nitrogens with one attached hydrogen (secondary N) is 1. The van der Waals surface area contributed by atoms with Gasteiger partial charge >= 0.3 is 0 Å². The van der Waals surface area contributed by atoms with Crippen LogP contribution in [-0.2, 0) is 0 Å². The lowest BCUT2D eigenvalue weighted by Crippen LogP contribution is -2.15. The number of para-hydroxylation sites is 1. The van der Waals surface area contributed by atoms with Crippen molar-refractivity contribution < 1.29 is 13.5 Å². The van der Waals surface area contributed by atoms with E-state index in [9.17, 15) is 8.78 Å². The van der Waals surface area contributed by atoms with Gasteiger partial charge < -0.3 is 4.74 Å². The van der Waals surface area contributed by atoms with E-state index >= 15 is 0 Å². The summed E-state index contributed by atoms with van der Waals surface area (Å²) >= 11 is 7.17. The van der Waals surface area contributed by atoms with Gasteiger partial charge in [-0.15, -0.1) is 10.2 Å². The molecule has 4 aromatic rings. The zero-order valence-electron chi connectivity index (χ0n) is 18.4. The molecule has 0 radical (unpaired) electrons. The summed E-state index contributed by atoms with van der Waals surface area (Å²) < 4.78 is 39.1. The molecule has 0 spiro atoms. The molecule has 2 unspecified atom stereocenters. The number of rotatable bonds is 8. The summed E-state index contributed by atoms with van der Waals surface area (Å²) in [6.45, 7) is 3.94. The number of halogens is 3. The van der Waals surface area contributed by atoms with Crippen molar-refractivity contribution in [1.29, 1.82) is 0 Å². The highest BCUT2D eigenvalue weighted by atomic mass is 35.5. The third-order valence-electron chi connectivity index (χ3n) is 5.07. The maximum atomic E-state index is 14.8. The minimum absolute atomic E-state index is 0.0461. The second-order valence-electron chi connectivity index (χ2n) is 7.29. The molecular weight excluding hydrogens is 484 g/mol. The predicted molar refractivity (Wildman–Crippen MR) is 127 cm³/mol. The molecule has 0 saturated heterocycles. The number of anilines is 1. The molecule has 3 heterocycles. The minimum Gasteiger partial charge on any atom is -0.481 e. The highest BCUT2D eigenvalue weighted by Gasteiger charge is 2.24. The van der Waals surface area contributed by atoms with Crippen molar-refractivity contribution in [2.45, 2.75) is 25.0 Å². The number of nitrogens with zero attached hydrogens (tertiary/aromatic N) is 6. The van der Waals surface area contributed by atoms with E-state index in [4.69, 9.17) is 16.3 Å². The molecule has 0 saturated carbocycles. The van der Waals surface area contributed by atoms with Crippen molar-refractivity contribution in [3.8, 4) is 23.1 Å². The van der Waals surface area contributed by atoms with E-state index in [1.165, 1.54) is 54.2 Å². The summed E-state index contributed by atoms with van der Waals surface area (Å²) in [7, 11) is 1.48. The Labute approximate surface area is 203 Å². The fourth-order valence-electron chi connectivity index (χ4n) is 3.10. The Kier molecular flexibility index (Phi) is 7.23. The lowest BCUT2D eigenvalue weighted by Gasteiger charge is -2.19. The SMILES string of the molecule is COc1cccc(-c2nnc(NSC(C)C(C)c3ncc(Cl)cn3)n2-c2c(F)cccc2F)n1. The van der Waals surface area contributed by atoms with Gasteiger partial charge in [0.2, 0.25) is 11.8 Å². The largest absolute Gasteiger partial charge is 0.481 e. The molecule has 0 aliphatic heterocycles. The Morgan fingerprint density at radius 2 is 1.71 bits per heavy atom. The topological polar surface area (TPSA) is 90.6 Å². The number of hydrogen-bond donors (Lipinski definition) is 1. The van der Waals surface area contributed by atoms with Crippen molar-refractivity contribution in [3.05, 3.63) is 71.3 Å². The quantitative estimate of drug-likeness (QED) is 0.323. The van der Waals surface area contributed by atoms with Crippen molar-refractivity contribution in [3.63, 3.8) is 0 Å². The second-order valence-corrected chi connectivity index (χ2v) is 8.91. The minimum atomic E-state index is -0.770. The molecule has 34 heavy (non-hydrogen) atoms. The van der Waals surface area contributed by atoms with Gasteiger partial charge in [-0.1, -0.05) is 37.6 Å². The Hall–Kier alpha value is -3.31. The average molecular weight is 504 g/mol. The number of aromatic nitrogens is 6. The van der Waals surface area contributed by atoms with Crippen LogP contribution in [0, 0.1) is 11.6 Å². The van der Waals surface area contributed by atoms with Gasteiger partial charge in [0.15, 0.2) is 5.82 Å². The van der Waals surface area contributed by atoms with Crippen molar-refractivity contribution >= 4 is 29.5 Å². The third-order valence-corrected chi connectivity index (χ3v) is 6.35. The number of benzene rings is 1. The Morgan fingerprint density at radius 3 is 2.38 bits per heavy atom. The number of methoxy groups -OCH3 is 1. The van der Waals surface area contributed by atoms with Crippen molar-refractivity contribution in [1.82, 2.24) is 29.7 Å². The monoisotopic (exact) mass is 503 g/mol. The van der Waals surface area contributed by atoms with Crippen LogP contribution in [0.5, 0.6) is 5.88 Å². The zero-order valence-corrected chi connectivity index (χ0v) is 20.0. The highest BCUT2D eigenvalue weighted by Crippen LogP contribution is 2.32. The average Bonchev–Trinajstić information content (AvgIpc) is 3.26. The van der Waals surface area contributed by atoms with Gasteiger partial charge in [0.1, 0.15) is 28.8 Å². The normalized spacial score (nSPS) is 12.9. The standard InChI is InChI=1S/C22H20ClF2N7OS/c1-12(20-26-10-14(23)11-27-20)13(2)34-31-22-30-29-21(17-8-5-9-18(28-17)33-3)32(22)19-15(24)6-4-7-16(19)25/h4-13H,1-3H3,(H,30,31). The van der Waals surface area contributed by atoms with Gasteiger partial charge in [0.25, 0.3) is 0 Å². The van der Waals surface area contributed by atoms with Crippen LogP contribution >= 0.6 is 23.5 Å². The summed E-state index contributed by atoms with van der Waals surface area (Å²) in [4.78, 5) is 12.9. The first-order valence-electron chi connectivity index (χ1n) is 10.2. The predicted octanol–water partition coefficient (Wildman–Crippen LogP) is 5.31. The van der Waals surface area contributed by atoms with E-state index in [2.05, 4.69) is 29.9 Å². The van der Waals surface area contributed by atoms with Gasteiger partial charge in [0, 0.05) is 29.6 Å². The van der Waals surface area contributed by atoms with Crippen LogP contribution in [0.3, 0.4) is 0 Å². The Morgan fingerprint density at radius 1 is 1.03 bits per heavy atom. The lowest BCUT2D eigenvalue weighted by molar-refractivity contribution is 0.398. The van der Waals surface area contributed by atoms with Gasteiger partial charge in [-0.3, -0.25) is 9.29 Å². The number of ether oxygens (including phenoxy) is 1. The van der Waals surface area contributed by atoms with Crippen molar-refractivity contribution in [2.75, 3.05) is 11.8 Å². The van der Waals surface area contributed by atoms with Crippen LogP contribution in [-0.4, -0.2) is 42.1 Å². The lowest BCUT2D eigenvalue weighted by atomic mass is 10.1. The molecule has 0 fully saturated rings. The van der Waals surface area contributed by atoms with Crippen LogP contribution in [0.2, 0.25) is 5.02 Å². The first kappa shape index (κ1) is 23.8. The highest BCUT2D eigenvalue weighted by molar-refractivity contribution is 8.01. The number of pyridine rings is 1. The molecule has 0 aliphatic carbocycles. The molecule has 8 nitrogen and oxygen atoms in total. The van der Waals surface area contributed by atoms with Crippen LogP contribution < -0.4 is 9.46 Å². The van der Waals surface area contributed by atoms with Gasteiger partial charge in [-0.05, 0) is 30.1 Å². The van der Waals surface area contributed by atoms with Gasteiger partial charge in [-0.25, -0.2) is 23.7 Å². The fourth-order valence-corrected chi connectivity index (χ4v) is 3.95. The second kappa shape index (κ2) is 10.3. The maximum absolute atomic E-state index is 14.8. The molecular formula is C22H20ClF2N7OS. The Balaban J connectivity index is 1.68. The molecule has 176 valence electrons. The van der Waals surface area contributed by atoms with E-state index in [1.807, 2.05) is 13.8 Å². The smallest absolute Gasteiger partial charge is 0.239 e. The first-order valence-corrected chi connectivity index (χ1v) is 11.4. The zero-order chi connectivity index (χ0) is 24.2. The van der Waals surface area contributed by atoms with E-state index in [1.54, 1.807) is 18.2 Å². The van der Waals surface area contributed by atoms with E-state index in [0.717, 1.165) is 0 Å². The van der Waals surface area contributed by atoms with E-state index in [0.29, 0.717) is 22.4 Å². The summed E-state index contributed by atoms with van der Waals surface area (Å²) in [5.41, 5.74) is 0.0143. The van der Waals surface area contributed by atoms with Crippen LogP contribution in [0.25, 0.3) is 17.2 Å². The van der Waals surface area contributed by atoms with Crippen molar-refractivity contribution in [2.24, 2.45) is 0 Å². The molecule has 4 rings (SSSR count). The summed E-state index contributed by atoms with van der Waals surface area (Å²) in [6.07, 6.45) is 3.08. The molecule has 1 N–H and O–H groups in total. The molecule has 0 aliphatic rings. The first-order chi connectivity index (χ1) is 16.4. The van der Waals surface area contributed by atoms with E-state index < -0.39 is 11.6 Å². The Bertz CT molecular complexity index is 1270. The number of hydrogen-bond acceptors (Lipinski definition) is 8. The van der Waals surface area contributed by atoms with Gasteiger partial charge in [0.05, 0.1) is 12.1 Å². The summed E-state index contributed by atoms with van der Waals surface area (Å²) in [5.74, 6) is -0.376. The maximum Gasteiger partial charge on any atom is 0.239 e. The molecule has 1 aromatic carbocycles. The molecule has 12 heteroatoms. The van der Waals surface area contributed by atoms with Gasteiger partial charge in [-0.2, -0.15) is 0 Å². The van der Waals surface area contributed by atoms with Crippen LogP contribution in [0.1, 0.15) is 25.6 Å². The fraction of sp³-hybridized carbons (Fsp3) is 0.227. The molecule has 0 amide bonds. The van der Waals surface area contributed by atoms with E-state index in [-0.39, 0.29) is 28.6 Å². The summed E-state index contributed by atoms with van der Waals surface area (Å²) in [5, 5.41) is 8.70. The third kappa shape index (κ3) is 4.95. The van der Waals surface area contributed by atoms with Crippen LogP contribution in [0.4, 0.5) is 14.7 Å².